The number of benzene rings is 9. The standard InChI is InChI=1S/C60H41N3/c1-2-17-48(18-3-1)63-58-26-9-8-21-54(58)55-25-12-24-53(59(55)63)44-31-37-47(38-32-44)60-61-56(45-33-27-42(28-34-45)51-22-10-15-40-13-4-6-19-49(40)51)39-57(62-60)46-35-29-43(30-36-46)52-23-11-16-41-14-5-7-20-50(41)52/h1-39,54,58H. The molecule has 2 unspecified atom stereocenters. The molecule has 0 bridgehead atoms. The highest BCUT2D eigenvalue weighted by Gasteiger charge is 2.38. The van der Waals surface area contributed by atoms with E-state index in [1.165, 1.54) is 66.3 Å². The van der Waals surface area contributed by atoms with Crippen LogP contribution in [0.5, 0.6) is 0 Å². The van der Waals surface area contributed by atoms with Crippen molar-refractivity contribution in [2.24, 2.45) is 0 Å². The molecule has 0 amide bonds. The van der Waals surface area contributed by atoms with Crippen LogP contribution in [0, 0.1) is 0 Å². The normalized spacial score (nSPS) is 15.1. The summed E-state index contributed by atoms with van der Waals surface area (Å²) in [5.41, 5.74) is 15.8. The van der Waals surface area contributed by atoms with Gasteiger partial charge in [-0.3, -0.25) is 0 Å². The van der Waals surface area contributed by atoms with Gasteiger partial charge in [0.15, 0.2) is 5.82 Å². The number of hydrogen-bond donors (Lipinski definition) is 0. The summed E-state index contributed by atoms with van der Waals surface area (Å²) in [4.78, 5) is 13.1. The fraction of sp³-hybridized carbons (Fsp3) is 0.0333. The van der Waals surface area contributed by atoms with Crippen molar-refractivity contribution in [1.29, 1.82) is 0 Å². The Bertz CT molecular complexity index is 3230. The van der Waals surface area contributed by atoms with Crippen LogP contribution in [0.3, 0.4) is 0 Å². The predicted molar refractivity (Wildman–Crippen MR) is 263 cm³/mol. The summed E-state index contributed by atoms with van der Waals surface area (Å²) in [7, 11) is 0. The number of nitrogens with zero attached hydrogens (tertiary/aromatic N) is 3. The second-order valence-electron chi connectivity index (χ2n) is 16.5. The van der Waals surface area contributed by atoms with Crippen LogP contribution in [0.25, 0.3) is 88.8 Å². The van der Waals surface area contributed by atoms with E-state index in [2.05, 4.69) is 242 Å². The zero-order chi connectivity index (χ0) is 41.7. The van der Waals surface area contributed by atoms with Gasteiger partial charge in [0.2, 0.25) is 0 Å². The molecule has 3 nitrogen and oxygen atoms in total. The van der Waals surface area contributed by atoms with Gasteiger partial charge in [0.25, 0.3) is 0 Å². The first-order chi connectivity index (χ1) is 31.2. The topological polar surface area (TPSA) is 29.0 Å². The lowest BCUT2D eigenvalue weighted by Gasteiger charge is -2.29. The summed E-state index contributed by atoms with van der Waals surface area (Å²) in [6, 6.07) is 76.5. The molecule has 10 aromatic rings. The van der Waals surface area contributed by atoms with E-state index in [0.29, 0.717) is 11.7 Å². The molecular weight excluding hydrogens is 763 g/mol. The second kappa shape index (κ2) is 15.4. The van der Waals surface area contributed by atoms with Gasteiger partial charge in [-0.2, -0.15) is 0 Å². The van der Waals surface area contributed by atoms with Crippen molar-refractivity contribution in [2.45, 2.75) is 12.0 Å². The highest BCUT2D eigenvalue weighted by molar-refractivity contribution is 5.98. The lowest BCUT2D eigenvalue weighted by Crippen LogP contribution is -2.28. The van der Waals surface area contributed by atoms with E-state index >= 15 is 0 Å². The van der Waals surface area contributed by atoms with Crippen LogP contribution >= 0.6 is 0 Å². The minimum atomic E-state index is 0.226. The van der Waals surface area contributed by atoms with Crippen molar-refractivity contribution in [3.05, 3.63) is 242 Å². The molecule has 3 heteroatoms. The largest absolute Gasteiger partial charge is 0.333 e. The van der Waals surface area contributed by atoms with Crippen molar-refractivity contribution in [3.63, 3.8) is 0 Å². The third kappa shape index (κ3) is 6.54. The maximum absolute atomic E-state index is 5.28. The lowest BCUT2D eigenvalue weighted by atomic mass is 9.90. The first-order valence-corrected chi connectivity index (χ1v) is 21.7. The first-order valence-electron chi connectivity index (χ1n) is 21.7. The van der Waals surface area contributed by atoms with E-state index in [0.717, 1.165) is 33.6 Å². The summed E-state index contributed by atoms with van der Waals surface area (Å²) in [5, 5.41) is 4.96. The average molecular weight is 804 g/mol. The monoisotopic (exact) mass is 803 g/mol. The molecule has 0 N–H and O–H groups in total. The fourth-order valence-electron chi connectivity index (χ4n) is 9.77. The average Bonchev–Trinajstić information content (AvgIpc) is 3.71. The number of para-hydroxylation sites is 2. The van der Waals surface area contributed by atoms with Crippen LogP contribution in [0.15, 0.2) is 237 Å². The number of allylic oxidation sites excluding steroid dienone is 2. The molecule has 0 saturated carbocycles. The molecule has 296 valence electrons. The Morgan fingerprint density at radius 3 is 1.43 bits per heavy atom. The van der Waals surface area contributed by atoms with Crippen LogP contribution in [0.4, 0.5) is 11.4 Å². The molecule has 0 spiro atoms. The zero-order valence-electron chi connectivity index (χ0n) is 34.5. The van der Waals surface area contributed by atoms with E-state index in [1.807, 2.05) is 0 Å². The van der Waals surface area contributed by atoms with E-state index < -0.39 is 0 Å². The minimum absolute atomic E-state index is 0.226. The minimum Gasteiger partial charge on any atom is -0.333 e. The second-order valence-corrected chi connectivity index (χ2v) is 16.5. The quantitative estimate of drug-likeness (QED) is 0.161. The Morgan fingerprint density at radius 1 is 0.365 bits per heavy atom. The van der Waals surface area contributed by atoms with E-state index in [4.69, 9.17) is 9.97 Å². The van der Waals surface area contributed by atoms with Crippen molar-refractivity contribution < 1.29 is 0 Å². The Morgan fingerprint density at radius 2 is 0.825 bits per heavy atom. The van der Waals surface area contributed by atoms with E-state index in [1.54, 1.807) is 0 Å². The third-order valence-corrected chi connectivity index (χ3v) is 12.8. The molecule has 1 aliphatic carbocycles. The van der Waals surface area contributed by atoms with Gasteiger partial charge in [0, 0.05) is 33.9 Å². The van der Waals surface area contributed by atoms with Crippen LogP contribution in [-0.2, 0) is 0 Å². The van der Waals surface area contributed by atoms with Gasteiger partial charge in [0.1, 0.15) is 0 Å². The van der Waals surface area contributed by atoms with Gasteiger partial charge in [-0.05, 0) is 73.1 Å². The van der Waals surface area contributed by atoms with Crippen molar-refractivity contribution in [1.82, 2.24) is 9.97 Å². The number of anilines is 2. The van der Waals surface area contributed by atoms with E-state index in [9.17, 15) is 0 Å². The van der Waals surface area contributed by atoms with Gasteiger partial charge >= 0.3 is 0 Å². The van der Waals surface area contributed by atoms with Gasteiger partial charge in [-0.1, -0.05) is 218 Å². The Balaban J connectivity index is 0.942. The molecule has 0 radical (unpaired) electrons. The number of rotatable bonds is 7. The Labute approximate surface area is 367 Å². The highest BCUT2D eigenvalue weighted by atomic mass is 15.2. The molecule has 2 aliphatic rings. The number of aromatic nitrogens is 2. The Hall–Kier alpha value is -8.14. The highest BCUT2D eigenvalue weighted by Crippen LogP contribution is 2.51. The maximum atomic E-state index is 5.28. The molecule has 1 aromatic heterocycles. The van der Waals surface area contributed by atoms with Crippen LogP contribution in [0.1, 0.15) is 11.5 Å². The summed E-state index contributed by atoms with van der Waals surface area (Å²) >= 11 is 0. The summed E-state index contributed by atoms with van der Waals surface area (Å²) < 4.78 is 0. The maximum Gasteiger partial charge on any atom is 0.160 e. The van der Waals surface area contributed by atoms with Gasteiger partial charge in [-0.25, -0.2) is 9.97 Å². The molecule has 2 atom stereocenters. The Kier molecular flexibility index (Phi) is 8.97. The third-order valence-electron chi connectivity index (χ3n) is 12.8. The molecule has 2 heterocycles. The number of fused-ring (bicyclic) bond motifs is 5. The fourth-order valence-corrected chi connectivity index (χ4v) is 9.77. The van der Waals surface area contributed by atoms with Gasteiger partial charge in [0.05, 0.1) is 23.1 Å². The smallest absolute Gasteiger partial charge is 0.160 e. The molecule has 63 heavy (non-hydrogen) atoms. The van der Waals surface area contributed by atoms with Crippen LogP contribution in [0.2, 0.25) is 0 Å². The summed E-state index contributed by atoms with van der Waals surface area (Å²) in [6.07, 6.45) is 9.04. The number of hydrogen-bond acceptors (Lipinski definition) is 3. The molecule has 0 saturated heterocycles. The van der Waals surface area contributed by atoms with Crippen molar-refractivity contribution in [2.75, 3.05) is 4.90 Å². The summed E-state index contributed by atoms with van der Waals surface area (Å²) in [6.45, 7) is 0. The van der Waals surface area contributed by atoms with Crippen LogP contribution in [-0.4, -0.2) is 16.0 Å². The molecule has 1 aliphatic heterocycles. The van der Waals surface area contributed by atoms with E-state index in [-0.39, 0.29) is 6.04 Å². The molecule has 9 aromatic carbocycles. The van der Waals surface area contributed by atoms with Gasteiger partial charge in [-0.15, -0.1) is 0 Å². The first kappa shape index (κ1) is 36.7. The van der Waals surface area contributed by atoms with Gasteiger partial charge < -0.3 is 4.90 Å². The SMILES string of the molecule is C1=CC2c3cccc(-c4ccc(-c5nc(-c6ccc(-c7cccc8ccccc78)cc6)cc(-c6ccc(-c7cccc8ccccc78)cc6)n5)cc4)c3N(c3ccccc3)C2C=C1. The predicted octanol–water partition coefficient (Wildman–Crippen LogP) is 15.5. The zero-order valence-corrected chi connectivity index (χ0v) is 34.5. The molecular formula is C60H41N3. The van der Waals surface area contributed by atoms with Crippen LogP contribution < -0.4 is 4.90 Å². The molecule has 0 fully saturated rings. The lowest BCUT2D eigenvalue weighted by molar-refractivity contribution is 0.745. The summed E-state index contributed by atoms with van der Waals surface area (Å²) in [5.74, 6) is 0.983. The van der Waals surface area contributed by atoms with Crippen molar-refractivity contribution >= 4 is 32.9 Å². The molecule has 12 rings (SSSR count). The van der Waals surface area contributed by atoms with Crippen molar-refractivity contribution in [3.8, 4) is 67.3 Å².